The minimum Gasteiger partial charge on any atom is -0.508 e. The Kier molecular flexibility index (Phi) is 5.70. The largest absolute Gasteiger partial charge is 0.508 e. The molecule has 0 spiro atoms. The number of likely N-dealkylation sites (tertiary alicyclic amines) is 1. The van der Waals surface area contributed by atoms with Crippen LogP contribution in [0.1, 0.15) is 37.3 Å². The van der Waals surface area contributed by atoms with Crippen LogP contribution in [-0.2, 0) is 0 Å². The number of nitrogens with one attached hydrogen (secondary N) is 1. The van der Waals surface area contributed by atoms with Crippen LogP contribution >= 0.6 is 0 Å². The van der Waals surface area contributed by atoms with Crippen molar-refractivity contribution in [2.24, 2.45) is 0 Å². The topological polar surface area (TPSA) is 38.7 Å². The van der Waals surface area contributed by atoms with Gasteiger partial charge in [0.2, 0.25) is 0 Å². The van der Waals surface area contributed by atoms with Crippen molar-refractivity contribution in [3.63, 3.8) is 0 Å². The molecule has 2 aliphatic rings. The fraction of sp³-hybridized carbons (Fsp3) is 0.667. The smallest absolute Gasteiger partial charge is 0.115 e. The summed E-state index contributed by atoms with van der Waals surface area (Å²) in [5, 5.41) is 13.3. The van der Waals surface area contributed by atoms with Gasteiger partial charge in [0.25, 0.3) is 0 Å². The molecule has 0 aliphatic carbocycles. The van der Waals surface area contributed by atoms with E-state index in [1.165, 1.54) is 44.3 Å². The van der Waals surface area contributed by atoms with E-state index in [0.717, 1.165) is 32.7 Å². The molecule has 0 aromatic heterocycles. The molecular formula is C18H29N3O. The first-order valence-corrected chi connectivity index (χ1v) is 8.79. The summed E-state index contributed by atoms with van der Waals surface area (Å²) in [5.41, 5.74) is 1.26. The summed E-state index contributed by atoms with van der Waals surface area (Å²) >= 11 is 0. The van der Waals surface area contributed by atoms with Gasteiger partial charge in [-0.15, -0.1) is 0 Å². The highest BCUT2D eigenvalue weighted by Crippen LogP contribution is 2.26. The molecule has 2 fully saturated rings. The highest BCUT2D eigenvalue weighted by atomic mass is 16.3. The maximum atomic E-state index is 9.87. The predicted octanol–water partition coefficient (Wildman–Crippen LogP) is 2.21. The quantitative estimate of drug-likeness (QED) is 0.894. The molecule has 4 nitrogen and oxygen atoms in total. The normalized spacial score (nSPS) is 23.1. The number of benzene rings is 1. The van der Waals surface area contributed by atoms with E-state index in [4.69, 9.17) is 0 Å². The number of rotatable bonds is 4. The van der Waals surface area contributed by atoms with Crippen LogP contribution in [0.4, 0.5) is 0 Å². The van der Waals surface area contributed by atoms with Crippen LogP contribution in [-0.4, -0.2) is 60.7 Å². The van der Waals surface area contributed by atoms with E-state index in [2.05, 4.69) is 21.2 Å². The van der Waals surface area contributed by atoms with Crippen LogP contribution < -0.4 is 5.32 Å². The number of nitrogens with zero attached hydrogens (tertiary/aromatic N) is 2. The number of aromatic hydroxyl groups is 1. The molecule has 0 amide bonds. The molecule has 122 valence electrons. The Bertz CT molecular complexity index is 451. The summed E-state index contributed by atoms with van der Waals surface area (Å²) in [7, 11) is 0. The van der Waals surface area contributed by atoms with Crippen molar-refractivity contribution in [1.82, 2.24) is 15.1 Å². The molecule has 0 saturated carbocycles. The van der Waals surface area contributed by atoms with Gasteiger partial charge in [0.1, 0.15) is 5.75 Å². The zero-order valence-electron chi connectivity index (χ0n) is 13.5. The molecule has 22 heavy (non-hydrogen) atoms. The second kappa shape index (κ2) is 7.95. The third-order valence-corrected chi connectivity index (χ3v) is 4.98. The Balaban J connectivity index is 1.75. The lowest BCUT2D eigenvalue weighted by Crippen LogP contribution is -2.48. The van der Waals surface area contributed by atoms with Crippen molar-refractivity contribution < 1.29 is 5.11 Å². The van der Waals surface area contributed by atoms with Gasteiger partial charge in [-0.3, -0.25) is 4.90 Å². The highest BCUT2D eigenvalue weighted by Gasteiger charge is 2.25. The lowest BCUT2D eigenvalue weighted by atomic mass is 10.0. The molecule has 1 atom stereocenters. The summed E-state index contributed by atoms with van der Waals surface area (Å²) < 4.78 is 0. The zero-order valence-corrected chi connectivity index (χ0v) is 13.5. The van der Waals surface area contributed by atoms with Gasteiger partial charge in [0.15, 0.2) is 0 Å². The van der Waals surface area contributed by atoms with Gasteiger partial charge in [0.05, 0.1) is 0 Å². The molecular weight excluding hydrogens is 274 g/mol. The van der Waals surface area contributed by atoms with E-state index in [9.17, 15) is 5.11 Å². The van der Waals surface area contributed by atoms with E-state index in [1.54, 1.807) is 6.07 Å². The maximum Gasteiger partial charge on any atom is 0.115 e. The van der Waals surface area contributed by atoms with E-state index < -0.39 is 0 Å². The Morgan fingerprint density at radius 3 is 2.41 bits per heavy atom. The van der Waals surface area contributed by atoms with E-state index in [1.807, 2.05) is 12.1 Å². The molecule has 4 heteroatoms. The second-order valence-corrected chi connectivity index (χ2v) is 6.61. The van der Waals surface area contributed by atoms with Crippen LogP contribution in [0, 0.1) is 0 Å². The molecule has 2 heterocycles. The van der Waals surface area contributed by atoms with Crippen molar-refractivity contribution in [1.29, 1.82) is 0 Å². The number of hydrogen-bond acceptors (Lipinski definition) is 4. The third kappa shape index (κ3) is 4.22. The zero-order chi connectivity index (χ0) is 15.2. The average Bonchev–Trinajstić information content (AvgIpc) is 2.82. The van der Waals surface area contributed by atoms with Gasteiger partial charge in [-0.2, -0.15) is 0 Å². The molecule has 1 aromatic rings. The van der Waals surface area contributed by atoms with Gasteiger partial charge < -0.3 is 15.3 Å². The minimum atomic E-state index is 0.383. The summed E-state index contributed by atoms with van der Waals surface area (Å²) in [5.74, 6) is 0.383. The van der Waals surface area contributed by atoms with Gasteiger partial charge in [-0.1, -0.05) is 25.0 Å². The van der Waals surface area contributed by atoms with Crippen molar-refractivity contribution in [3.05, 3.63) is 29.8 Å². The maximum absolute atomic E-state index is 9.87. The molecule has 2 aliphatic heterocycles. The van der Waals surface area contributed by atoms with Crippen molar-refractivity contribution in [2.75, 3.05) is 45.8 Å². The summed E-state index contributed by atoms with van der Waals surface area (Å²) in [6, 6.07) is 8.26. The van der Waals surface area contributed by atoms with Crippen LogP contribution in [0.3, 0.4) is 0 Å². The lowest BCUT2D eigenvalue weighted by molar-refractivity contribution is 0.126. The van der Waals surface area contributed by atoms with Crippen molar-refractivity contribution in [2.45, 2.75) is 31.7 Å². The van der Waals surface area contributed by atoms with Gasteiger partial charge in [-0.25, -0.2) is 0 Å². The Morgan fingerprint density at radius 1 is 1.00 bits per heavy atom. The molecule has 1 unspecified atom stereocenters. The fourth-order valence-electron chi connectivity index (χ4n) is 3.72. The lowest BCUT2D eigenvalue weighted by Gasteiger charge is -2.38. The van der Waals surface area contributed by atoms with Gasteiger partial charge >= 0.3 is 0 Å². The molecule has 0 radical (unpaired) electrons. The highest BCUT2D eigenvalue weighted by molar-refractivity contribution is 5.29. The molecule has 2 saturated heterocycles. The Labute approximate surface area is 134 Å². The second-order valence-electron chi connectivity index (χ2n) is 6.61. The first-order chi connectivity index (χ1) is 10.8. The Hall–Kier alpha value is -1.10. The molecule has 3 rings (SSSR count). The SMILES string of the molecule is Oc1cccc(C(CN2CCCCCC2)N2CCNCC2)c1. The number of piperazine rings is 1. The Morgan fingerprint density at radius 2 is 1.73 bits per heavy atom. The number of phenolic OH excluding ortho intramolecular Hbond substituents is 1. The van der Waals surface area contributed by atoms with Crippen LogP contribution in [0.15, 0.2) is 24.3 Å². The predicted molar refractivity (Wildman–Crippen MR) is 90.2 cm³/mol. The number of phenols is 1. The van der Waals surface area contributed by atoms with Gasteiger partial charge in [-0.05, 0) is 43.6 Å². The summed E-state index contributed by atoms with van der Waals surface area (Å²) in [6.07, 6.45) is 5.41. The standard InChI is InChI=1S/C18H29N3O/c22-17-7-5-6-16(14-17)18(21-12-8-19-9-13-21)15-20-10-3-1-2-4-11-20/h5-7,14,18-19,22H,1-4,8-13,15H2. The fourth-order valence-corrected chi connectivity index (χ4v) is 3.72. The van der Waals surface area contributed by atoms with Crippen molar-refractivity contribution >= 4 is 0 Å². The van der Waals surface area contributed by atoms with E-state index >= 15 is 0 Å². The summed E-state index contributed by atoms with van der Waals surface area (Å²) in [4.78, 5) is 5.21. The first kappa shape index (κ1) is 15.8. The molecule has 1 aromatic carbocycles. The van der Waals surface area contributed by atoms with Crippen molar-refractivity contribution in [3.8, 4) is 5.75 Å². The third-order valence-electron chi connectivity index (χ3n) is 4.98. The van der Waals surface area contributed by atoms with Crippen LogP contribution in [0.2, 0.25) is 0 Å². The van der Waals surface area contributed by atoms with E-state index in [0.29, 0.717) is 11.8 Å². The minimum absolute atomic E-state index is 0.383. The van der Waals surface area contributed by atoms with Gasteiger partial charge in [0, 0.05) is 38.8 Å². The average molecular weight is 303 g/mol. The van der Waals surface area contributed by atoms with Crippen LogP contribution in [0.25, 0.3) is 0 Å². The molecule has 0 bridgehead atoms. The van der Waals surface area contributed by atoms with Crippen LogP contribution in [0.5, 0.6) is 5.75 Å². The molecule has 2 N–H and O–H groups in total. The monoisotopic (exact) mass is 303 g/mol. The number of hydrogen-bond donors (Lipinski definition) is 2. The van der Waals surface area contributed by atoms with E-state index in [-0.39, 0.29) is 0 Å². The first-order valence-electron chi connectivity index (χ1n) is 8.79. The summed E-state index contributed by atoms with van der Waals surface area (Å²) in [6.45, 7) is 7.85.